The first kappa shape index (κ1) is 15.7. The van der Waals surface area contributed by atoms with Gasteiger partial charge >= 0.3 is 0 Å². The van der Waals surface area contributed by atoms with E-state index in [1.165, 1.54) is 0 Å². The summed E-state index contributed by atoms with van der Waals surface area (Å²) in [6, 6.07) is 1.78. The lowest BCUT2D eigenvalue weighted by Gasteiger charge is -2.52. The Labute approximate surface area is 150 Å². The molecule has 3 aliphatic rings. The van der Waals surface area contributed by atoms with Crippen LogP contribution in [0.1, 0.15) is 47.8 Å². The molecular weight excluding hydrogens is 336 g/mol. The molecular formula is C18H20N4O4. The third-order valence-corrected chi connectivity index (χ3v) is 5.25. The number of hydrogen-bond donors (Lipinski definition) is 0. The Morgan fingerprint density at radius 1 is 1.27 bits per heavy atom. The fraction of sp³-hybridized carbons (Fsp3) is 0.556. The van der Waals surface area contributed by atoms with Crippen molar-refractivity contribution >= 4 is 5.91 Å². The molecule has 0 N–H and O–H groups in total. The third kappa shape index (κ3) is 2.94. The zero-order valence-electron chi connectivity index (χ0n) is 14.3. The maximum Gasteiger partial charge on any atom is 0.276 e. The van der Waals surface area contributed by atoms with Crippen molar-refractivity contribution in [2.24, 2.45) is 0 Å². The summed E-state index contributed by atoms with van der Waals surface area (Å²) in [7, 11) is 0. The number of rotatable bonds is 4. The highest BCUT2D eigenvalue weighted by atomic mass is 16.5. The molecule has 2 saturated heterocycles. The predicted octanol–water partition coefficient (Wildman–Crippen LogP) is 1.79. The van der Waals surface area contributed by atoms with Crippen molar-refractivity contribution in [1.82, 2.24) is 20.0 Å². The summed E-state index contributed by atoms with van der Waals surface area (Å²) in [6.07, 6.45) is 8.65. The smallest absolute Gasteiger partial charge is 0.276 e. The first-order valence-electron chi connectivity index (χ1n) is 9.03. The van der Waals surface area contributed by atoms with Gasteiger partial charge in [-0.05, 0) is 12.8 Å². The van der Waals surface area contributed by atoms with Gasteiger partial charge in [-0.25, -0.2) is 4.98 Å². The Morgan fingerprint density at radius 3 is 2.92 bits per heavy atom. The average molecular weight is 356 g/mol. The molecule has 2 aliphatic heterocycles. The second kappa shape index (κ2) is 6.05. The zero-order valence-corrected chi connectivity index (χ0v) is 14.3. The Hall–Kier alpha value is -2.48. The van der Waals surface area contributed by atoms with E-state index in [2.05, 4.69) is 15.1 Å². The van der Waals surface area contributed by atoms with E-state index in [0.717, 1.165) is 31.4 Å². The normalized spacial score (nSPS) is 24.3. The minimum Gasteiger partial charge on any atom is -0.473 e. The topological polar surface area (TPSA) is 90.6 Å². The van der Waals surface area contributed by atoms with Crippen LogP contribution < -0.4 is 4.74 Å². The molecule has 3 fully saturated rings. The van der Waals surface area contributed by atoms with Crippen LogP contribution in [0.5, 0.6) is 5.88 Å². The summed E-state index contributed by atoms with van der Waals surface area (Å²) in [5.74, 6) is 1.71. The van der Waals surface area contributed by atoms with Crippen LogP contribution in [0.3, 0.4) is 0 Å². The van der Waals surface area contributed by atoms with Gasteiger partial charge in [-0.1, -0.05) is 5.16 Å². The standard InChI is InChI=1S/C18H20N4O4/c23-17(14-7-15(26-21-14)12-1-2-12)22-10-18(11-22)8-13(3-6-24-18)25-16-9-19-4-5-20-16/h4-5,7,9,12-13H,1-3,6,8,10-11H2. The Morgan fingerprint density at radius 2 is 2.15 bits per heavy atom. The molecule has 136 valence electrons. The first-order valence-corrected chi connectivity index (χ1v) is 9.03. The number of likely N-dealkylation sites (tertiary alicyclic amines) is 1. The zero-order chi connectivity index (χ0) is 17.6. The average Bonchev–Trinajstić information content (AvgIpc) is 3.37. The van der Waals surface area contributed by atoms with Crippen molar-refractivity contribution in [1.29, 1.82) is 0 Å². The lowest BCUT2D eigenvalue weighted by Crippen LogP contribution is -2.67. The fourth-order valence-electron chi connectivity index (χ4n) is 3.73. The van der Waals surface area contributed by atoms with Gasteiger partial charge in [0, 0.05) is 37.2 Å². The molecule has 1 atom stereocenters. The summed E-state index contributed by atoms with van der Waals surface area (Å²) >= 11 is 0. The van der Waals surface area contributed by atoms with Crippen LogP contribution in [0.4, 0.5) is 0 Å². The van der Waals surface area contributed by atoms with E-state index in [0.29, 0.717) is 37.2 Å². The first-order chi connectivity index (χ1) is 12.7. The molecule has 26 heavy (non-hydrogen) atoms. The largest absolute Gasteiger partial charge is 0.473 e. The number of carbonyl (C=O) groups excluding carboxylic acids is 1. The SMILES string of the molecule is O=C(c1cc(C2CC2)on1)N1CC2(CC(Oc3cnccn3)CCO2)C1. The molecule has 0 bridgehead atoms. The van der Waals surface area contributed by atoms with E-state index in [-0.39, 0.29) is 17.6 Å². The molecule has 2 aromatic heterocycles. The fourth-order valence-corrected chi connectivity index (χ4v) is 3.73. The van der Waals surface area contributed by atoms with Crippen molar-refractivity contribution in [2.45, 2.75) is 43.3 Å². The summed E-state index contributed by atoms with van der Waals surface area (Å²) < 4.78 is 17.2. The highest BCUT2D eigenvalue weighted by Crippen LogP contribution is 2.41. The summed E-state index contributed by atoms with van der Waals surface area (Å²) in [4.78, 5) is 22.5. The van der Waals surface area contributed by atoms with Gasteiger partial charge in [0.1, 0.15) is 17.5 Å². The Bertz CT molecular complexity index is 799. The molecule has 8 nitrogen and oxygen atoms in total. The highest BCUT2D eigenvalue weighted by molar-refractivity contribution is 5.93. The van der Waals surface area contributed by atoms with Gasteiger partial charge in [-0.15, -0.1) is 0 Å². The van der Waals surface area contributed by atoms with Crippen LogP contribution in [0, 0.1) is 0 Å². The Balaban J connectivity index is 1.19. The van der Waals surface area contributed by atoms with Gasteiger partial charge in [0.15, 0.2) is 5.69 Å². The van der Waals surface area contributed by atoms with Crippen molar-refractivity contribution in [3.63, 3.8) is 0 Å². The van der Waals surface area contributed by atoms with Crippen LogP contribution in [0.25, 0.3) is 0 Å². The van der Waals surface area contributed by atoms with Crippen molar-refractivity contribution in [2.75, 3.05) is 19.7 Å². The number of carbonyl (C=O) groups is 1. The van der Waals surface area contributed by atoms with Gasteiger partial charge in [-0.3, -0.25) is 9.78 Å². The highest BCUT2D eigenvalue weighted by Gasteiger charge is 2.50. The molecule has 5 rings (SSSR count). The van der Waals surface area contributed by atoms with Gasteiger partial charge in [0.25, 0.3) is 5.91 Å². The lowest BCUT2D eigenvalue weighted by atomic mass is 9.84. The summed E-state index contributed by atoms with van der Waals surface area (Å²) in [5, 5.41) is 3.94. The minimum absolute atomic E-state index is 0.0196. The van der Waals surface area contributed by atoms with Gasteiger partial charge in [-0.2, -0.15) is 0 Å². The van der Waals surface area contributed by atoms with Crippen LogP contribution >= 0.6 is 0 Å². The van der Waals surface area contributed by atoms with E-state index < -0.39 is 0 Å². The number of nitrogens with zero attached hydrogens (tertiary/aromatic N) is 4. The van der Waals surface area contributed by atoms with E-state index in [1.807, 2.05) is 0 Å². The van der Waals surface area contributed by atoms with Gasteiger partial charge in [0.05, 0.1) is 25.9 Å². The number of amides is 1. The van der Waals surface area contributed by atoms with Crippen molar-refractivity contribution < 1.29 is 18.8 Å². The summed E-state index contributed by atoms with van der Waals surface area (Å²) in [6.45, 7) is 1.72. The monoisotopic (exact) mass is 356 g/mol. The van der Waals surface area contributed by atoms with Gasteiger partial charge in [0.2, 0.25) is 5.88 Å². The Kier molecular flexibility index (Phi) is 3.66. The molecule has 1 saturated carbocycles. The quantitative estimate of drug-likeness (QED) is 0.825. The molecule has 4 heterocycles. The van der Waals surface area contributed by atoms with E-state index in [4.69, 9.17) is 14.0 Å². The van der Waals surface area contributed by atoms with Crippen LogP contribution in [0.2, 0.25) is 0 Å². The van der Waals surface area contributed by atoms with Crippen LogP contribution in [-0.2, 0) is 4.74 Å². The van der Waals surface area contributed by atoms with Gasteiger partial charge < -0.3 is 18.9 Å². The molecule has 8 heteroatoms. The molecule has 0 radical (unpaired) electrons. The lowest BCUT2D eigenvalue weighted by molar-refractivity contribution is -0.174. The van der Waals surface area contributed by atoms with Crippen LogP contribution in [-0.4, -0.2) is 57.3 Å². The number of aromatic nitrogens is 3. The molecule has 1 spiro atoms. The van der Waals surface area contributed by atoms with E-state index in [1.54, 1.807) is 29.6 Å². The van der Waals surface area contributed by atoms with Crippen molar-refractivity contribution in [3.8, 4) is 5.88 Å². The molecule has 1 amide bonds. The maximum atomic E-state index is 12.6. The predicted molar refractivity (Wildman–Crippen MR) is 88.7 cm³/mol. The van der Waals surface area contributed by atoms with Crippen molar-refractivity contribution in [3.05, 3.63) is 36.1 Å². The minimum atomic E-state index is -0.330. The third-order valence-electron chi connectivity index (χ3n) is 5.25. The van der Waals surface area contributed by atoms with Crippen LogP contribution in [0.15, 0.2) is 29.2 Å². The molecule has 2 aromatic rings. The van der Waals surface area contributed by atoms with E-state index in [9.17, 15) is 4.79 Å². The maximum absolute atomic E-state index is 12.6. The second-order valence-corrected chi connectivity index (χ2v) is 7.36. The number of hydrogen-bond acceptors (Lipinski definition) is 7. The summed E-state index contributed by atoms with van der Waals surface area (Å²) in [5.41, 5.74) is 0.0639. The number of ether oxygens (including phenoxy) is 2. The molecule has 0 aromatic carbocycles. The second-order valence-electron chi connectivity index (χ2n) is 7.36. The van der Waals surface area contributed by atoms with E-state index >= 15 is 0 Å². The molecule has 1 unspecified atom stereocenters. The molecule has 1 aliphatic carbocycles.